The molecule has 0 amide bonds. The Morgan fingerprint density at radius 3 is 2.55 bits per heavy atom. The van der Waals surface area contributed by atoms with E-state index in [1.54, 1.807) is 10.6 Å². The van der Waals surface area contributed by atoms with E-state index in [1.807, 2.05) is 37.3 Å². The minimum Gasteiger partial charge on any atom is -0.217 e. The van der Waals surface area contributed by atoms with E-state index in [2.05, 4.69) is 14.8 Å². The number of aryl methyl sites for hydroxylation is 1. The van der Waals surface area contributed by atoms with Gasteiger partial charge in [-0.2, -0.15) is 5.10 Å². The fourth-order valence-corrected chi connectivity index (χ4v) is 4.96. The molecule has 0 unspecified atom stereocenters. The average Bonchev–Trinajstić information content (AvgIpc) is 3.26. The van der Waals surface area contributed by atoms with Crippen molar-refractivity contribution in [2.75, 3.05) is 0 Å². The lowest BCUT2D eigenvalue weighted by molar-refractivity contribution is 0.573. The zero-order chi connectivity index (χ0) is 20.4. The molecular weight excluding hydrogens is 411 g/mol. The minimum absolute atomic E-state index is 0.00900. The van der Waals surface area contributed by atoms with Crippen LogP contribution in [0.2, 0.25) is 0 Å². The van der Waals surface area contributed by atoms with Crippen molar-refractivity contribution in [2.24, 2.45) is 0 Å². The van der Waals surface area contributed by atoms with E-state index in [0.29, 0.717) is 16.3 Å². The van der Waals surface area contributed by atoms with Gasteiger partial charge >= 0.3 is 0 Å². The van der Waals surface area contributed by atoms with Crippen LogP contribution in [-0.2, 0) is 28.7 Å². The molecule has 29 heavy (non-hydrogen) atoms. The van der Waals surface area contributed by atoms with Crippen LogP contribution in [0.15, 0.2) is 54.6 Å². The SMILES string of the molecule is CCc1nn2c(CNS(=O)(=O)Cc3ccccc3F)c(-c3ccccc3)nc2s1. The number of benzene rings is 2. The Balaban J connectivity index is 1.66. The number of imidazole rings is 1. The smallest absolute Gasteiger partial charge is 0.216 e. The van der Waals surface area contributed by atoms with Crippen molar-refractivity contribution < 1.29 is 12.8 Å². The number of fused-ring (bicyclic) bond motifs is 1. The fourth-order valence-electron chi connectivity index (χ4n) is 3.01. The molecule has 1 N–H and O–H groups in total. The zero-order valence-electron chi connectivity index (χ0n) is 15.7. The van der Waals surface area contributed by atoms with Gasteiger partial charge in [0.15, 0.2) is 0 Å². The van der Waals surface area contributed by atoms with Gasteiger partial charge in [0.2, 0.25) is 15.0 Å². The summed E-state index contributed by atoms with van der Waals surface area (Å²) in [4.78, 5) is 5.39. The third-order valence-electron chi connectivity index (χ3n) is 4.45. The molecule has 4 aromatic rings. The Labute approximate surface area is 172 Å². The summed E-state index contributed by atoms with van der Waals surface area (Å²) >= 11 is 1.48. The molecular formula is C20H19FN4O2S2. The molecule has 6 nitrogen and oxygen atoms in total. The maximum absolute atomic E-state index is 13.9. The summed E-state index contributed by atoms with van der Waals surface area (Å²) < 4.78 is 43.3. The van der Waals surface area contributed by atoms with Crippen LogP contribution in [0.25, 0.3) is 16.2 Å². The second kappa shape index (κ2) is 8.02. The molecule has 0 aliphatic carbocycles. The standard InChI is InChI=1S/C20H19FN4O2S2/c1-2-18-24-25-17(19(23-20(25)28-18)14-8-4-3-5-9-14)12-22-29(26,27)13-15-10-6-7-11-16(15)21/h3-11,22H,2,12-13H2,1H3. The van der Waals surface area contributed by atoms with Gasteiger partial charge in [-0.15, -0.1) is 0 Å². The van der Waals surface area contributed by atoms with E-state index in [4.69, 9.17) is 0 Å². The third kappa shape index (κ3) is 4.21. The van der Waals surface area contributed by atoms with Crippen LogP contribution in [-0.4, -0.2) is 23.0 Å². The van der Waals surface area contributed by atoms with Crippen molar-refractivity contribution in [1.82, 2.24) is 19.3 Å². The topological polar surface area (TPSA) is 76.4 Å². The second-order valence-electron chi connectivity index (χ2n) is 6.49. The molecule has 0 atom stereocenters. The number of halogens is 1. The van der Waals surface area contributed by atoms with Gasteiger partial charge in [0.05, 0.1) is 23.7 Å². The summed E-state index contributed by atoms with van der Waals surface area (Å²) in [6, 6.07) is 15.4. The molecule has 9 heteroatoms. The number of rotatable bonds is 7. The number of nitrogens with one attached hydrogen (secondary N) is 1. The van der Waals surface area contributed by atoms with E-state index in [0.717, 1.165) is 17.0 Å². The van der Waals surface area contributed by atoms with Gasteiger partial charge in [-0.25, -0.2) is 27.0 Å². The van der Waals surface area contributed by atoms with Crippen LogP contribution < -0.4 is 4.72 Å². The second-order valence-corrected chi connectivity index (χ2v) is 9.34. The molecule has 0 saturated heterocycles. The van der Waals surface area contributed by atoms with Crippen molar-refractivity contribution in [3.63, 3.8) is 0 Å². The Kier molecular flexibility index (Phi) is 5.44. The normalized spacial score (nSPS) is 11.9. The fraction of sp³-hybridized carbons (Fsp3) is 0.200. The van der Waals surface area contributed by atoms with Crippen LogP contribution >= 0.6 is 11.3 Å². The van der Waals surface area contributed by atoms with Crippen molar-refractivity contribution >= 4 is 26.3 Å². The quantitative estimate of drug-likeness (QED) is 0.484. The first-order valence-corrected chi connectivity index (χ1v) is 11.6. The molecule has 150 valence electrons. The Morgan fingerprint density at radius 2 is 1.83 bits per heavy atom. The largest absolute Gasteiger partial charge is 0.217 e. The summed E-state index contributed by atoms with van der Waals surface area (Å²) in [6.45, 7) is 2.02. The third-order valence-corrected chi connectivity index (χ3v) is 6.78. The van der Waals surface area contributed by atoms with Crippen LogP contribution in [0.4, 0.5) is 4.39 Å². The maximum Gasteiger partial charge on any atom is 0.216 e. The molecule has 0 saturated carbocycles. The Morgan fingerprint density at radius 1 is 1.10 bits per heavy atom. The first-order chi connectivity index (χ1) is 14.0. The van der Waals surface area contributed by atoms with Crippen LogP contribution in [0.1, 0.15) is 23.2 Å². The molecule has 2 heterocycles. The number of hydrogen-bond acceptors (Lipinski definition) is 5. The van der Waals surface area contributed by atoms with Crippen molar-refractivity contribution in [3.8, 4) is 11.3 Å². The van der Waals surface area contributed by atoms with Gasteiger partial charge in [0.1, 0.15) is 10.8 Å². The predicted molar refractivity (Wildman–Crippen MR) is 112 cm³/mol. The number of nitrogens with zero attached hydrogens (tertiary/aromatic N) is 3. The molecule has 0 spiro atoms. The van der Waals surface area contributed by atoms with Gasteiger partial charge in [-0.3, -0.25) is 0 Å². The zero-order valence-corrected chi connectivity index (χ0v) is 17.3. The molecule has 0 radical (unpaired) electrons. The van der Waals surface area contributed by atoms with Crippen LogP contribution in [0, 0.1) is 5.82 Å². The minimum atomic E-state index is -3.76. The first kappa shape index (κ1) is 19.7. The van der Waals surface area contributed by atoms with E-state index in [-0.39, 0.29) is 12.1 Å². The van der Waals surface area contributed by atoms with E-state index in [9.17, 15) is 12.8 Å². The lowest BCUT2D eigenvalue weighted by Crippen LogP contribution is -2.26. The van der Waals surface area contributed by atoms with Gasteiger partial charge in [0, 0.05) is 11.1 Å². The summed E-state index contributed by atoms with van der Waals surface area (Å²) in [5.41, 5.74) is 2.34. The summed E-state index contributed by atoms with van der Waals surface area (Å²) in [6.07, 6.45) is 0.771. The highest BCUT2D eigenvalue weighted by atomic mass is 32.2. The molecule has 2 aromatic carbocycles. The van der Waals surface area contributed by atoms with Crippen molar-refractivity contribution in [2.45, 2.75) is 25.6 Å². The molecule has 4 rings (SSSR count). The molecule has 0 bridgehead atoms. The number of sulfonamides is 1. The van der Waals surface area contributed by atoms with Crippen LogP contribution in [0.5, 0.6) is 0 Å². The molecule has 0 aliphatic rings. The van der Waals surface area contributed by atoms with Crippen molar-refractivity contribution in [1.29, 1.82) is 0 Å². The number of hydrogen-bond donors (Lipinski definition) is 1. The highest BCUT2D eigenvalue weighted by Crippen LogP contribution is 2.27. The van der Waals surface area contributed by atoms with Crippen molar-refractivity contribution in [3.05, 3.63) is 76.7 Å². The number of aromatic nitrogens is 3. The lowest BCUT2D eigenvalue weighted by atomic mass is 10.1. The predicted octanol–water partition coefficient (Wildman–Crippen LogP) is 3.78. The highest BCUT2D eigenvalue weighted by molar-refractivity contribution is 7.88. The summed E-state index contributed by atoms with van der Waals surface area (Å²) in [5, 5.41) is 5.47. The van der Waals surface area contributed by atoms with Gasteiger partial charge < -0.3 is 0 Å². The van der Waals surface area contributed by atoms with Gasteiger partial charge in [-0.1, -0.05) is 66.8 Å². The van der Waals surface area contributed by atoms with Gasteiger partial charge in [0.25, 0.3) is 0 Å². The van der Waals surface area contributed by atoms with Crippen LogP contribution in [0.3, 0.4) is 0 Å². The van der Waals surface area contributed by atoms with E-state index in [1.165, 1.54) is 29.5 Å². The first-order valence-electron chi connectivity index (χ1n) is 9.10. The molecule has 0 fully saturated rings. The summed E-state index contributed by atoms with van der Waals surface area (Å²) in [5.74, 6) is -0.971. The summed E-state index contributed by atoms with van der Waals surface area (Å²) in [7, 11) is -3.76. The van der Waals surface area contributed by atoms with E-state index < -0.39 is 21.6 Å². The maximum atomic E-state index is 13.9. The molecule has 2 aromatic heterocycles. The van der Waals surface area contributed by atoms with Gasteiger partial charge in [-0.05, 0) is 12.5 Å². The Hall–Kier alpha value is -2.62. The Bertz CT molecular complexity index is 1250. The lowest BCUT2D eigenvalue weighted by Gasteiger charge is -2.08. The van der Waals surface area contributed by atoms with E-state index >= 15 is 0 Å². The average molecular weight is 431 g/mol. The highest BCUT2D eigenvalue weighted by Gasteiger charge is 2.21. The molecule has 0 aliphatic heterocycles. The monoisotopic (exact) mass is 430 g/mol.